The van der Waals surface area contributed by atoms with E-state index in [4.69, 9.17) is 0 Å². The summed E-state index contributed by atoms with van der Waals surface area (Å²) in [4.78, 5) is 23.7. The molecule has 0 saturated heterocycles. The number of anilines is 1. The van der Waals surface area contributed by atoms with Crippen molar-refractivity contribution in [1.29, 1.82) is 0 Å². The standard InChI is InChI=1S/C19H23N3O4S/c1-13-4-7-16(8-5-13)22-19(24)11-20-18(23)12-21-27(25,26)17-9-6-14(2)15(3)10-17/h4-10,21H,11-12H2,1-3H3,(H,20,23)(H,22,24). The van der Waals surface area contributed by atoms with Crippen molar-refractivity contribution in [2.75, 3.05) is 18.4 Å². The van der Waals surface area contributed by atoms with Crippen molar-refractivity contribution in [3.8, 4) is 0 Å². The number of aryl methyl sites for hydroxylation is 3. The molecule has 0 bridgehead atoms. The van der Waals surface area contributed by atoms with E-state index in [-0.39, 0.29) is 11.4 Å². The van der Waals surface area contributed by atoms with Gasteiger partial charge in [-0.3, -0.25) is 9.59 Å². The molecule has 0 heterocycles. The van der Waals surface area contributed by atoms with Crippen LogP contribution in [-0.4, -0.2) is 33.3 Å². The Morgan fingerprint density at radius 3 is 2.15 bits per heavy atom. The van der Waals surface area contributed by atoms with Crippen molar-refractivity contribution in [1.82, 2.24) is 10.0 Å². The highest BCUT2D eigenvalue weighted by atomic mass is 32.2. The highest BCUT2D eigenvalue weighted by Gasteiger charge is 2.16. The van der Waals surface area contributed by atoms with Gasteiger partial charge in [0.05, 0.1) is 18.0 Å². The van der Waals surface area contributed by atoms with E-state index in [1.54, 1.807) is 24.3 Å². The van der Waals surface area contributed by atoms with E-state index in [2.05, 4.69) is 15.4 Å². The van der Waals surface area contributed by atoms with E-state index in [1.807, 2.05) is 32.9 Å². The van der Waals surface area contributed by atoms with Crippen LogP contribution in [0.25, 0.3) is 0 Å². The number of benzene rings is 2. The van der Waals surface area contributed by atoms with Crippen LogP contribution >= 0.6 is 0 Å². The second kappa shape index (κ2) is 8.79. The van der Waals surface area contributed by atoms with Crippen LogP contribution in [-0.2, 0) is 19.6 Å². The van der Waals surface area contributed by atoms with E-state index >= 15 is 0 Å². The molecule has 0 aliphatic carbocycles. The summed E-state index contributed by atoms with van der Waals surface area (Å²) >= 11 is 0. The quantitative estimate of drug-likeness (QED) is 0.670. The van der Waals surface area contributed by atoms with Crippen LogP contribution < -0.4 is 15.4 Å². The van der Waals surface area contributed by atoms with Gasteiger partial charge in [-0.25, -0.2) is 13.1 Å². The number of carbonyl (C=O) groups is 2. The normalized spacial score (nSPS) is 11.1. The molecule has 7 nitrogen and oxygen atoms in total. The van der Waals surface area contributed by atoms with Crippen LogP contribution in [0.2, 0.25) is 0 Å². The maximum absolute atomic E-state index is 12.2. The van der Waals surface area contributed by atoms with Gasteiger partial charge < -0.3 is 10.6 Å². The van der Waals surface area contributed by atoms with Crippen molar-refractivity contribution in [2.45, 2.75) is 25.7 Å². The smallest absolute Gasteiger partial charge is 0.243 e. The number of sulfonamides is 1. The SMILES string of the molecule is Cc1ccc(NC(=O)CNC(=O)CNS(=O)(=O)c2ccc(C)c(C)c2)cc1. The van der Waals surface area contributed by atoms with E-state index in [1.165, 1.54) is 6.07 Å². The number of hydrogen-bond acceptors (Lipinski definition) is 4. The molecule has 0 unspecified atom stereocenters. The van der Waals surface area contributed by atoms with Crippen LogP contribution in [0.1, 0.15) is 16.7 Å². The molecular weight excluding hydrogens is 366 g/mol. The summed E-state index contributed by atoms with van der Waals surface area (Å²) in [6, 6.07) is 12.0. The first kappa shape index (κ1) is 20.6. The molecule has 0 aliphatic heterocycles. The Balaban J connectivity index is 1.82. The van der Waals surface area contributed by atoms with Gasteiger partial charge in [-0.1, -0.05) is 23.8 Å². The molecule has 0 aliphatic rings. The number of carbonyl (C=O) groups excluding carboxylic acids is 2. The Hall–Kier alpha value is -2.71. The maximum atomic E-state index is 12.2. The molecule has 0 fully saturated rings. The zero-order chi connectivity index (χ0) is 20.0. The molecule has 2 rings (SSSR count). The lowest BCUT2D eigenvalue weighted by atomic mass is 10.1. The summed E-state index contributed by atoms with van der Waals surface area (Å²) in [6.45, 7) is 4.93. The number of hydrogen-bond donors (Lipinski definition) is 3. The zero-order valence-corrected chi connectivity index (χ0v) is 16.3. The summed E-state index contributed by atoms with van der Waals surface area (Å²) in [5, 5.41) is 5.02. The van der Waals surface area contributed by atoms with E-state index in [0.29, 0.717) is 5.69 Å². The van der Waals surface area contributed by atoms with Gasteiger partial charge in [0, 0.05) is 5.69 Å². The van der Waals surface area contributed by atoms with Crippen molar-refractivity contribution in [3.05, 3.63) is 59.2 Å². The van der Waals surface area contributed by atoms with Crippen LogP contribution in [0.3, 0.4) is 0 Å². The predicted molar refractivity (Wildman–Crippen MR) is 104 cm³/mol. The van der Waals surface area contributed by atoms with Crippen molar-refractivity contribution in [2.24, 2.45) is 0 Å². The van der Waals surface area contributed by atoms with Crippen LogP contribution in [0.5, 0.6) is 0 Å². The molecule has 2 aromatic carbocycles. The van der Waals surface area contributed by atoms with Crippen LogP contribution in [0, 0.1) is 20.8 Å². The van der Waals surface area contributed by atoms with Crippen LogP contribution in [0.15, 0.2) is 47.4 Å². The molecule has 0 saturated carbocycles. The highest BCUT2D eigenvalue weighted by molar-refractivity contribution is 7.89. The highest BCUT2D eigenvalue weighted by Crippen LogP contribution is 2.14. The Labute approximate surface area is 159 Å². The van der Waals surface area contributed by atoms with Crippen molar-refractivity contribution < 1.29 is 18.0 Å². The average molecular weight is 389 g/mol. The zero-order valence-electron chi connectivity index (χ0n) is 15.5. The first-order valence-corrected chi connectivity index (χ1v) is 9.86. The van der Waals surface area contributed by atoms with Gasteiger partial charge in [-0.05, 0) is 56.2 Å². The van der Waals surface area contributed by atoms with Crippen LogP contribution in [0.4, 0.5) is 5.69 Å². The van der Waals surface area contributed by atoms with Gasteiger partial charge in [0.15, 0.2) is 0 Å². The lowest BCUT2D eigenvalue weighted by molar-refractivity contribution is -0.123. The second-order valence-electron chi connectivity index (χ2n) is 6.26. The first-order valence-electron chi connectivity index (χ1n) is 8.37. The molecule has 8 heteroatoms. The minimum Gasteiger partial charge on any atom is -0.346 e. The summed E-state index contributed by atoms with van der Waals surface area (Å²) in [5.41, 5.74) is 3.51. The summed E-state index contributed by atoms with van der Waals surface area (Å²) in [6.07, 6.45) is 0. The summed E-state index contributed by atoms with van der Waals surface area (Å²) in [7, 11) is -3.80. The molecule has 144 valence electrons. The second-order valence-corrected chi connectivity index (χ2v) is 8.03. The molecule has 0 aromatic heterocycles. The molecule has 27 heavy (non-hydrogen) atoms. The van der Waals surface area contributed by atoms with Gasteiger partial charge in [0.2, 0.25) is 21.8 Å². The third kappa shape index (κ3) is 6.19. The molecule has 0 radical (unpaired) electrons. The molecule has 2 aromatic rings. The van der Waals surface area contributed by atoms with Crippen molar-refractivity contribution in [3.63, 3.8) is 0 Å². The minimum atomic E-state index is -3.80. The Morgan fingerprint density at radius 2 is 1.52 bits per heavy atom. The van der Waals surface area contributed by atoms with Gasteiger partial charge in [0.25, 0.3) is 0 Å². The Bertz CT molecular complexity index is 938. The maximum Gasteiger partial charge on any atom is 0.243 e. The predicted octanol–water partition coefficient (Wildman–Crippen LogP) is 1.65. The van der Waals surface area contributed by atoms with E-state index in [0.717, 1.165) is 16.7 Å². The van der Waals surface area contributed by atoms with Gasteiger partial charge >= 0.3 is 0 Å². The van der Waals surface area contributed by atoms with E-state index in [9.17, 15) is 18.0 Å². The number of nitrogens with one attached hydrogen (secondary N) is 3. The number of rotatable bonds is 7. The van der Waals surface area contributed by atoms with E-state index < -0.39 is 28.4 Å². The fourth-order valence-corrected chi connectivity index (χ4v) is 3.28. The Morgan fingerprint density at radius 1 is 0.852 bits per heavy atom. The minimum absolute atomic E-state index is 0.0931. The average Bonchev–Trinajstić information content (AvgIpc) is 2.62. The lowest BCUT2D eigenvalue weighted by Crippen LogP contribution is -2.40. The topological polar surface area (TPSA) is 104 Å². The van der Waals surface area contributed by atoms with Gasteiger partial charge in [-0.2, -0.15) is 0 Å². The van der Waals surface area contributed by atoms with Crippen molar-refractivity contribution >= 4 is 27.5 Å². The third-order valence-corrected chi connectivity index (χ3v) is 5.39. The Kier molecular flexibility index (Phi) is 6.70. The fourth-order valence-electron chi connectivity index (χ4n) is 2.21. The molecule has 3 N–H and O–H groups in total. The largest absolute Gasteiger partial charge is 0.346 e. The molecule has 0 atom stereocenters. The summed E-state index contributed by atoms with van der Waals surface area (Å²) in [5.74, 6) is -0.995. The monoisotopic (exact) mass is 389 g/mol. The van der Waals surface area contributed by atoms with Gasteiger partial charge in [0.1, 0.15) is 0 Å². The molecule has 2 amide bonds. The molecule has 0 spiro atoms. The first-order chi connectivity index (χ1) is 12.7. The lowest BCUT2D eigenvalue weighted by Gasteiger charge is -2.10. The third-order valence-electron chi connectivity index (χ3n) is 3.99. The number of amides is 2. The van der Waals surface area contributed by atoms with Gasteiger partial charge in [-0.15, -0.1) is 0 Å². The fraction of sp³-hybridized carbons (Fsp3) is 0.263. The summed E-state index contributed by atoms with van der Waals surface area (Å²) < 4.78 is 26.7. The molecular formula is C19H23N3O4S.